The van der Waals surface area contributed by atoms with E-state index >= 15 is 0 Å². The molecule has 3 rings (SSSR count). The predicted octanol–water partition coefficient (Wildman–Crippen LogP) is 3.13. The predicted molar refractivity (Wildman–Crippen MR) is 99.9 cm³/mol. The van der Waals surface area contributed by atoms with Gasteiger partial charge in [0.25, 0.3) is 0 Å². The number of amides is 2. The summed E-state index contributed by atoms with van der Waals surface area (Å²) in [7, 11) is 0. The number of anilines is 2. The molecule has 1 aliphatic heterocycles. The van der Waals surface area contributed by atoms with Crippen LogP contribution in [0.1, 0.15) is 24.1 Å². The highest BCUT2D eigenvalue weighted by Crippen LogP contribution is 2.22. The van der Waals surface area contributed by atoms with Crippen molar-refractivity contribution in [1.29, 1.82) is 0 Å². The summed E-state index contributed by atoms with van der Waals surface area (Å²) < 4.78 is 0. The lowest BCUT2D eigenvalue weighted by atomic mass is 9.96. The number of carbonyl (C=O) groups excluding carboxylic acids is 1. The molecule has 2 aromatic heterocycles. The molecule has 25 heavy (non-hydrogen) atoms. The Morgan fingerprint density at radius 3 is 2.60 bits per heavy atom. The highest BCUT2D eigenvalue weighted by atomic mass is 16.2. The molecule has 0 atom stereocenters. The fourth-order valence-corrected chi connectivity index (χ4v) is 3.25. The molecular formula is C19H25N5O. The van der Waals surface area contributed by atoms with Crippen molar-refractivity contribution in [3.05, 3.63) is 47.9 Å². The minimum atomic E-state index is -0.186. The van der Waals surface area contributed by atoms with E-state index in [-0.39, 0.29) is 6.03 Å². The third-order valence-electron chi connectivity index (χ3n) is 4.53. The van der Waals surface area contributed by atoms with Crippen LogP contribution in [0.25, 0.3) is 0 Å². The maximum absolute atomic E-state index is 12.1. The quantitative estimate of drug-likeness (QED) is 0.898. The Hall–Kier alpha value is -2.63. The van der Waals surface area contributed by atoms with E-state index in [1.54, 1.807) is 0 Å². The number of aromatic nitrogens is 2. The minimum Gasteiger partial charge on any atom is -0.371 e. The molecule has 132 valence electrons. The van der Waals surface area contributed by atoms with E-state index in [0.717, 1.165) is 37.2 Å². The summed E-state index contributed by atoms with van der Waals surface area (Å²) in [5.41, 5.74) is 3.21. The summed E-state index contributed by atoms with van der Waals surface area (Å²) in [6, 6.07) is 7.76. The molecule has 1 aliphatic rings. The minimum absolute atomic E-state index is 0.186. The van der Waals surface area contributed by atoms with E-state index < -0.39 is 0 Å². The summed E-state index contributed by atoms with van der Waals surface area (Å²) in [6.45, 7) is 6.63. The first kappa shape index (κ1) is 17.2. The Kier molecular flexibility index (Phi) is 5.48. The summed E-state index contributed by atoms with van der Waals surface area (Å²) in [5, 5.41) is 5.80. The van der Waals surface area contributed by atoms with Crippen molar-refractivity contribution in [3.8, 4) is 0 Å². The molecule has 0 bridgehead atoms. The topological polar surface area (TPSA) is 70.2 Å². The molecule has 0 unspecified atom stereocenters. The number of aryl methyl sites for hydroxylation is 2. The zero-order valence-electron chi connectivity index (χ0n) is 14.8. The molecule has 0 aromatic carbocycles. The van der Waals surface area contributed by atoms with Crippen LogP contribution in [0, 0.1) is 19.8 Å². The van der Waals surface area contributed by atoms with Crippen molar-refractivity contribution >= 4 is 17.5 Å². The summed E-state index contributed by atoms with van der Waals surface area (Å²) in [4.78, 5) is 22.8. The van der Waals surface area contributed by atoms with Crippen LogP contribution in [0.3, 0.4) is 0 Å². The van der Waals surface area contributed by atoms with Gasteiger partial charge in [-0.2, -0.15) is 0 Å². The second-order valence-corrected chi connectivity index (χ2v) is 6.64. The Morgan fingerprint density at radius 1 is 1.20 bits per heavy atom. The Bertz CT molecular complexity index is 691. The molecule has 0 saturated carbocycles. The number of hydrogen-bond donors (Lipinski definition) is 2. The smallest absolute Gasteiger partial charge is 0.320 e. The molecule has 6 heteroatoms. The van der Waals surface area contributed by atoms with Crippen LogP contribution in [0.4, 0.5) is 16.3 Å². The number of pyridine rings is 2. The van der Waals surface area contributed by atoms with Crippen molar-refractivity contribution in [1.82, 2.24) is 15.3 Å². The SMILES string of the molecule is Cc1cc(C)nc(NC(=O)NCC2CCN(c3ccncc3)CC2)c1. The number of piperidine rings is 1. The molecule has 2 amide bonds. The van der Waals surface area contributed by atoms with Gasteiger partial charge in [-0.1, -0.05) is 0 Å². The van der Waals surface area contributed by atoms with Gasteiger partial charge in [-0.25, -0.2) is 9.78 Å². The van der Waals surface area contributed by atoms with Crippen LogP contribution in [-0.2, 0) is 0 Å². The van der Waals surface area contributed by atoms with Gasteiger partial charge in [-0.15, -0.1) is 0 Å². The van der Waals surface area contributed by atoms with Gasteiger partial charge in [-0.05, 0) is 62.4 Å². The second-order valence-electron chi connectivity index (χ2n) is 6.64. The van der Waals surface area contributed by atoms with Crippen molar-refractivity contribution < 1.29 is 4.79 Å². The molecular weight excluding hydrogens is 314 g/mol. The first-order valence-corrected chi connectivity index (χ1v) is 8.75. The number of hydrogen-bond acceptors (Lipinski definition) is 4. The van der Waals surface area contributed by atoms with E-state index in [0.29, 0.717) is 18.3 Å². The van der Waals surface area contributed by atoms with E-state index in [1.165, 1.54) is 5.69 Å². The van der Waals surface area contributed by atoms with E-state index in [4.69, 9.17) is 0 Å². The van der Waals surface area contributed by atoms with Gasteiger partial charge in [0.2, 0.25) is 0 Å². The first-order chi connectivity index (χ1) is 12.1. The van der Waals surface area contributed by atoms with E-state index in [1.807, 2.05) is 50.5 Å². The average molecular weight is 339 g/mol. The zero-order valence-corrected chi connectivity index (χ0v) is 14.8. The number of carbonyl (C=O) groups is 1. The molecule has 1 fully saturated rings. The van der Waals surface area contributed by atoms with Gasteiger partial charge in [0.15, 0.2) is 0 Å². The molecule has 2 N–H and O–H groups in total. The van der Waals surface area contributed by atoms with Crippen molar-refractivity contribution in [2.24, 2.45) is 5.92 Å². The molecule has 0 spiro atoms. The lowest BCUT2D eigenvalue weighted by molar-refractivity contribution is 0.248. The largest absolute Gasteiger partial charge is 0.371 e. The fraction of sp³-hybridized carbons (Fsp3) is 0.421. The normalized spacial score (nSPS) is 15.0. The number of urea groups is 1. The highest BCUT2D eigenvalue weighted by Gasteiger charge is 2.20. The Labute approximate surface area is 148 Å². The molecule has 3 heterocycles. The summed E-state index contributed by atoms with van der Waals surface area (Å²) in [6.07, 6.45) is 5.80. The van der Waals surface area contributed by atoms with Gasteiger partial charge in [0.05, 0.1) is 0 Å². The van der Waals surface area contributed by atoms with Gasteiger partial charge in [0, 0.05) is 43.4 Å². The van der Waals surface area contributed by atoms with Crippen molar-refractivity contribution in [2.75, 3.05) is 29.9 Å². The summed E-state index contributed by atoms with van der Waals surface area (Å²) in [5.74, 6) is 1.11. The molecule has 0 radical (unpaired) electrons. The van der Waals surface area contributed by atoms with Crippen LogP contribution in [0.2, 0.25) is 0 Å². The molecule has 2 aromatic rings. The maximum Gasteiger partial charge on any atom is 0.320 e. The molecule has 0 aliphatic carbocycles. The van der Waals surface area contributed by atoms with Gasteiger partial charge in [0.1, 0.15) is 5.82 Å². The van der Waals surface area contributed by atoms with Crippen LogP contribution < -0.4 is 15.5 Å². The van der Waals surface area contributed by atoms with E-state index in [2.05, 4.69) is 25.5 Å². The average Bonchev–Trinajstić information content (AvgIpc) is 2.60. The third kappa shape index (κ3) is 4.92. The van der Waals surface area contributed by atoms with Crippen molar-refractivity contribution in [2.45, 2.75) is 26.7 Å². The Morgan fingerprint density at radius 2 is 1.92 bits per heavy atom. The van der Waals surface area contributed by atoms with Crippen LogP contribution in [-0.4, -0.2) is 35.6 Å². The monoisotopic (exact) mass is 339 g/mol. The van der Waals surface area contributed by atoms with Crippen LogP contribution in [0.5, 0.6) is 0 Å². The molecule has 1 saturated heterocycles. The lowest BCUT2D eigenvalue weighted by Gasteiger charge is -2.33. The zero-order chi connectivity index (χ0) is 17.6. The van der Waals surface area contributed by atoms with Gasteiger partial charge >= 0.3 is 6.03 Å². The fourth-order valence-electron chi connectivity index (χ4n) is 3.25. The van der Waals surface area contributed by atoms with Crippen molar-refractivity contribution in [3.63, 3.8) is 0 Å². The Balaban J connectivity index is 1.43. The van der Waals surface area contributed by atoms with Gasteiger partial charge < -0.3 is 10.2 Å². The first-order valence-electron chi connectivity index (χ1n) is 8.75. The number of nitrogens with one attached hydrogen (secondary N) is 2. The lowest BCUT2D eigenvalue weighted by Crippen LogP contribution is -2.39. The van der Waals surface area contributed by atoms with E-state index in [9.17, 15) is 4.79 Å². The van der Waals surface area contributed by atoms with Gasteiger partial charge in [-0.3, -0.25) is 10.3 Å². The van der Waals surface area contributed by atoms with Crippen LogP contribution in [0.15, 0.2) is 36.7 Å². The summed E-state index contributed by atoms with van der Waals surface area (Å²) >= 11 is 0. The molecule has 6 nitrogen and oxygen atoms in total. The maximum atomic E-state index is 12.1. The number of nitrogens with zero attached hydrogens (tertiary/aromatic N) is 3. The highest BCUT2D eigenvalue weighted by molar-refractivity contribution is 5.88. The second kappa shape index (κ2) is 7.96. The van der Waals surface area contributed by atoms with Crippen LogP contribution >= 0.6 is 0 Å². The third-order valence-corrected chi connectivity index (χ3v) is 4.53. The number of rotatable bonds is 4. The standard InChI is InChI=1S/C19H25N5O/c1-14-11-15(2)22-18(12-14)23-19(25)21-13-16-5-9-24(10-6-16)17-3-7-20-8-4-17/h3-4,7-8,11-12,16H,5-6,9-10,13H2,1-2H3,(H2,21,22,23,25).